The number of aromatic nitrogens is 2. The number of hydrogen-bond donors (Lipinski definition) is 0. The van der Waals surface area contributed by atoms with Crippen molar-refractivity contribution in [3.8, 4) is 5.69 Å². The SMILES string of the molecule is Cc1cc(C)c(-n2cccn2)c(C)c1. The Morgan fingerprint density at radius 3 is 2.21 bits per heavy atom. The van der Waals surface area contributed by atoms with Crippen molar-refractivity contribution in [2.45, 2.75) is 20.8 Å². The molecule has 0 saturated heterocycles. The zero-order valence-electron chi connectivity index (χ0n) is 8.78. The van der Waals surface area contributed by atoms with Crippen LogP contribution < -0.4 is 0 Å². The maximum Gasteiger partial charge on any atom is 0.0704 e. The van der Waals surface area contributed by atoms with Gasteiger partial charge in [0.25, 0.3) is 0 Å². The van der Waals surface area contributed by atoms with Crippen LogP contribution in [0.25, 0.3) is 5.69 Å². The standard InChI is InChI=1S/C12H14N2/c1-9-7-10(2)12(11(3)8-9)14-6-4-5-13-14/h4-8H,1-3H3. The molecule has 1 aromatic heterocycles. The van der Waals surface area contributed by atoms with Crippen LogP contribution in [0.2, 0.25) is 0 Å². The zero-order valence-corrected chi connectivity index (χ0v) is 8.78. The summed E-state index contributed by atoms with van der Waals surface area (Å²) in [6, 6.07) is 6.31. The lowest BCUT2D eigenvalue weighted by atomic mass is 10.1. The molecule has 1 heterocycles. The minimum absolute atomic E-state index is 1.20. The highest BCUT2D eigenvalue weighted by atomic mass is 15.3. The largest absolute Gasteiger partial charge is 0.240 e. The first kappa shape index (κ1) is 9.00. The van der Waals surface area contributed by atoms with Gasteiger partial charge in [0.1, 0.15) is 0 Å². The summed E-state index contributed by atoms with van der Waals surface area (Å²) >= 11 is 0. The lowest BCUT2D eigenvalue weighted by Gasteiger charge is -2.10. The first-order valence-corrected chi connectivity index (χ1v) is 4.76. The third-order valence-electron chi connectivity index (χ3n) is 2.37. The van der Waals surface area contributed by atoms with Gasteiger partial charge in [-0.1, -0.05) is 17.7 Å². The molecule has 72 valence electrons. The van der Waals surface area contributed by atoms with Crippen LogP contribution in [-0.4, -0.2) is 9.78 Å². The Bertz CT molecular complexity index is 418. The third kappa shape index (κ3) is 1.43. The van der Waals surface area contributed by atoms with E-state index in [2.05, 4.69) is 38.0 Å². The van der Waals surface area contributed by atoms with Crippen LogP contribution in [-0.2, 0) is 0 Å². The molecule has 0 amide bonds. The molecule has 0 saturated carbocycles. The Balaban J connectivity index is 2.64. The van der Waals surface area contributed by atoms with E-state index in [9.17, 15) is 0 Å². The van der Waals surface area contributed by atoms with Crippen molar-refractivity contribution in [1.82, 2.24) is 9.78 Å². The van der Waals surface area contributed by atoms with Gasteiger partial charge in [0.05, 0.1) is 5.69 Å². The molecule has 0 radical (unpaired) electrons. The predicted molar refractivity (Wildman–Crippen MR) is 57.8 cm³/mol. The molecule has 2 aromatic rings. The highest BCUT2D eigenvalue weighted by Crippen LogP contribution is 2.19. The molecule has 0 N–H and O–H groups in total. The molecular weight excluding hydrogens is 172 g/mol. The summed E-state index contributed by atoms with van der Waals surface area (Å²) < 4.78 is 1.92. The van der Waals surface area contributed by atoms with Gasteiger partial charge in [-0.25, -0.2) is 4.68 Å². The molecule has 2 rings (SSSR count). The van der Waals surface area contributed by atoms with Gasteiger partial charge in [-0.05, 0) is 38.0 Å². The van der Waals surface area contributed by atoms with Gasteiger partial charge in [-0.15, -0.1) is 0 Å². The lowest BCUT2D eigenvalue weighted by Crippen LogP contribution is -2.00. The van der Waals surface area contributed by atoms with Crippen molar-refractivity contribution in [1.29, 1.82) is 0 Å². The maximum atomic E-state index is 4.25. The van der Waals surface area contributed by atoms with Gasteiger partial charge in [0.15, 0.2) is 0 Å². The summed E-state index contributed by atoms with van der Waals surface area (Å²) in [6.45, 7) is 6.36. The van der Waals surface area contributed by atoms with E-state index in [4.69, 9.17) is 0 Å². The Kier molecular flexibility index (Phi) is 2.12. The van der Waals surface area contributed by atoms with Gasteiger partial charge in [0.2, 0.25) is 0 Å². The van der Waals surface area contributed by atoms with Crippen molar-refractivity contribution >= 4 is 0 Å². The molecule has 0 atom stereocenters. The highest BCUT2D eigenvalue weighted by molar-refractivity contribution is 5.48. The van der Waals surface area contributed by atoms with E-state index in [1.54, 1.807) is 6.20 Å². The summed E-state index contributed by atoms with van der Waals surface area (Å²) in [5, 5.41) is 4.25. The Hall–Kier alpha value is -1.57. The van der Waals surface area contributed by atoms with Crippen molar-refractivity contribution in [2.75, 3.05) is 0 Å². The Morgan fingerprint density at radius 1 is 1.07 bits per heavy atom. The average Bonchev–Trinajstić information content (AvgIpc) is 2.54. The van der Waals surface area contributed by atoms with Gasteiger partial charge >= 0.3 is 0 Å². The molecule has 0 unspecified atom stereocenters. The molecule has 2 nitrogen and oxygen atoms in total. The predicted octanol–water partition coefficient (Wildman–Crippen LogP) is 2.80. The van der Waals surface area contributed by atoms with Gasteiger partial charge in [0, 0.05) is 12.4 Å². The fourth-order valence-corrected chi connectivity index (χ4v) is 1.93. The van der Waals surface area contributed by atoms with Crippen LogP contribution in [0.15, 0.2) is 30.6 Å². The van der Waals surface area contributed by atoms with E-state index in [0.717, 1.165) is 0 Å². The quantitative estimate of drug-likeness (QED) is 0.669. The first-order chi connectivity index (χ1) is 6.68. The van der Waals surface area contributed by atoms with Crippen molar-refractivity contribution in [3.05, 3.63) is 47.3 Å². The molecular formula is C12H14N2. The minimum Gasteiger partial charge on any atom is -0.240 e. The van der Waals surface area contributed by atoms with Gasteiger partial charge < -0.3 is 0 Å². The normalized spacial score (nSPS) is 10.5. The molecule has 0 aliphatic heterocycles. The van der Waals surface area contributed by atoms with Crippen molar-refractivity contribution in [3.63, 3.8) is 0 Å². The molecule has 0 aliphatic carbocycles. The third-order valence-corrected chi connectivity index (χ3v) is 2.37. The molecule has 0 bridgehead atoms. The topological polar surface area (TPSA) is 17.8 Å². The second kappa shape index (κ2) is 3.29. The number of aryl methyl sites for hydroxylation is 3. The average molecular weight is 186 g/mol. The van der Waals surface area contributed by atoms with Crippen molar-refractivity contribution in [2.24, 2.45) is 0 Å². The monoisotopic (exact) mass is 186 g/mol. The molecule has 14 heavy (non-hydrogen) atoms. The summed E-state index contributed by atoms with van der Waals surface area (Å²) in [4.78, 5) is 0. The van der Waals surface area contributed by atoms with Gasteiger partial charge in [-0.2, -0.15) is 5.10 Å². The fourth-order valence-electron chi connectivity index (χ4n) is 1.93. The molecule has 2 heteroatoms. The number of hydrogen-bond acceptors (Lipinski definition) is 1. The fraction of sp³-hybridized carbons (Fsp3) is 0.250. The van der Waals surface area contributed by atoms with Crippen LogP contribution in [0.3, 0.4) is 0 Å². The van der Waals surface area contributed by atoms with Crippen molar-refractivity contribution < 1.29 is 0 Å². The van der Waals surface area contributed by atoms with Gasteiger partial charge in [-0.3, -0.25) is 0 Å². The smallest absolute Gasteiger partial charge is 0.0704 e. The first-order valence-electron chi connectivity index (χ1n) is 4.76. The molecule has 0 fully saturated rings. The van der Waals surface area contributed by atoms with E-state index < -0.39 is 0 Å². The van der Waals surface area contributed by atoms with Crippen LogP contribution >= 0.6 is 0 Å². The summed E-state index contributed by atoms with van der Waals surface area (Å²) in [5.41, 5.74) is 5.04. The van der Waals surface area contributed by atoms with E-state index >= 15 is 0 Å². The van der Waals surface area contributed by atoms with E-state index in [0.29, 0.717) is 0 Å². The zero-order chi connectivity index (χ0) is 10.1. The van der Waals surface area contributed by atoms with Crippen LogP contribution in [0, 0.1) is 20.8 Å². The Labute approximate surface area is 84.2 Å². The van der Waals surface area contributed by atoms with Crippen LogP contribution in [0.4, 0.5) is 0 Å². The second-order valence-electron chi connectivity index (χ2n) is 3.70. The van der Waals surface area contributed by atoms with E-state index in [-0.39, 0.29) is 0 Å². The van der Waals surface area contributed by atoms with E-state index in [1.807, 2.05) is 16.9 Å². The number of nitrogens with zero attached hydrogens (tertiary/aromatic N) is 2. The Morgan fingerprint density at radius 2 is 1.71 bits per heavy atom. The molecule has 0 aliphatic rings. The summed E-state index contributed by atoms with van der Waals surface area (Å²) in [5.74, 6) is 0. The summed E-state index contributed by atoms with van der Waals surface area (Å²) in [7, 11) is 0. The van der Waals surface area contributed by atoms with Crippen LogP contribution in [0.5, 0.6) is 0 Å². The minimum atomic E-state index is 1.20. The maximum absolute atomic E-state index is 4.25. The number of benzene rings is 1. The second-order valence-corrected chi connectivity index (χ2v) is 3.70. The summed E-state index contributed by atoms with van der Waals surface area (Å²) in [6.07, 6.45) is 3.78. The molecule has 1 aromatic carbocycles. The van der Waals surface area contributed by atoms with E-state index in [1.165, 1.54) is 22.4 Å². The highest BCUT2D eigenvalue weighted by Gasteiger charge is 2.05. The number of rotatable bonds is 1. The molecule has 0 spiro atoms. The van der Waals surface area contributed by atoms with Crippen LogP contribution in [0.1, 0.15) is 16.7 Å². The lowest BCUT2D eigenvalue weighted by molar-refractivity contribution is 0.864.